The Balaban J connectivity index is 2.48. The number of anilines is 1. The molecule has 0 aliphatic carbocycles. The van der Waals surface area contributed by atoms with E-state index in [1.165, 1.54) is 11.9 Å². The van der Waals surface area contributed by atoms with Crippen LogP contribution in [0.25, 0.3) is 0 Å². The molecule has 2 aromatic carbocycles. The normalized spacial score (nSPS) is 12.2. The standard InChI is InChI=1S/C22H27Cl2N3O4S/c1-5-16-9-6-7-12-20(16)27(32(4,30)31)14-21(28)26(15(2)22(29)25-3)13-17-18(23)10-8-11-19(17)24/h6-12,15H,5,13-14H2,1-4H3,(H,25,29)/t15-/m0/s1. The summed E-state index contributed by atoms with van der Waals surface area (Å²) in [6.07, 6.45) is 1.63. The van der Waals surface area contributed by atoms with E-state index >= 15 is 0 Å². The van der Waals surface area contributed by atoms with Crippen LogP contribution >= 0.6 is 23.2 Å². The molecule has 0 fully saturated rings. The van der Waals surface area contributed by atoms with Crippen LogP contribution in [0.2, 0.25) is 10.0 Å². The Morgan fingerprint density at radius 1 is 1.06 bits per heavy atom. The van der Waals surface area contributed by atoms with Crippen molar-refractivity contribution in [3.05, 3.63) is 63.6 Å². The smallest absolute Gasteiger partial charge is 0.244 e. The van der Waals surface area contributed by atoms with Crippen LogP contribution in [0.3, 0.4) is 0 Å². The number of para-hydroxylation sites is 1. The first-order chi connectivity index (χ1) is 15.0. The number of hydrogen-bond acceptors (Lipinski definition) is 4. The molecule has 0 radical (unpaired) electrons. The van der Waals surface area contributed by atoms with Crippen LogP contribution in [0.4, 0.5) is 5.69 Å². The fourth-order valence-corrected chi connectivity index (χ4v) is 4.69. The van der Waals surface area contributed by atoms with E-state index in [0.29, 0.717) is 27.7 Å². The van der Waals surface area contributed by atoms with Crippen molar-refractivity contribution in [2.75, 3.05) is 24.2 Å². The fraction of sp³-hybridized carbons (Fsp3) is 0.364. The molecule has 7 nitrogen and oxygen atoms in total. The average molecular weight is 500 g/mol. The predicted octanol–water partition coefficient (Wildman–Crippen LogP) is 3.49. The van der Waals surface area contributed by atoms with E-state index in [1.807, 2.05) is 19.1 Å². The third-order valence-corrected chi connectivity index (χ3v) is 6.96. The third kappa shape index (κ3) is 6.15. The van der Waals surface area contributed by atoms with Crippen LogP contribution in [0.15, 0.2) is 42.5 Å². The number of hydrogen-bond donors (Lipinski definition) is 1. The summed E-state index contributed by atoms with van der Waals surface area (Å²) in [5, 5.41) is 3.20. The van der Waals surface area contributed by atoms with Gasteiger partial charge in [0.1, 0.15) is 12.6 Å². The van der Waals surface area contributed by atoms with Crippen LogP contribution in [0.1, 0.15) is 25.0 Å². The third-order valence-electron chi connectivity index (χ3n) is 5.12. The molecule has 0 saturated carbocycles. The number of amides is 2. The van der Waals surface area contributed by atoms with Crippen LogP contribution in [-0.2, 0) is 32.6 Å². The molecule has 0 aliphatic heterocycles. The summed E-state index contributed by atoms with van der Waals surface area (Å²) in [6, 6.07) is 11.1. The number of carbonyl (C=O) groups is 2. The van der Waals surface area contributed by atoms with E-state index in [2.05, 4.69) is 5.32 Å². The van der Waals surface area contributed by atoms with Gasteiger partial charge in [0, 0.05) is 29.2 Å². The van der Waals surface area contributed by atoms with Gasteiger partial charge in [0.05, 0.1) is 11.9 Å². The number of aryl methyl sites for hydroxylation is 1. The van der Waals surface area contributed by atoms with Gasteiger partial charge in [-0.1, -0.05) is 54.4 Å². The highest BCUT2D eigenvalue weighted by Gasteiger charge is 2.31. The average Bonchev–Trinajstić information content (AvgIpc) is 2.75. The molecule has 0 heterocycles. The number of rotatable bonds is 9. The lowest BCUT2D eigenvalue weighted by atomic mass is 10.1. The highest BCUT2D eigenvalue weighted by atomic mass is 35.5. The molecule has 0 aromatic heterocycles. The first kappa shape index (κ1) is 26.0. The van der Waals surface area contributed by atoms with Crippen molar-refractivity contribution >= 4 is 50.7 Å². The second kappa shape index (κ2) is 11.0. The molecular weight excluding hydrogens is 473 g/mol. The molecule has 32 heavy (non-hydrogen) atoms. The van der Waals surface area contributed by atoms with Gasteiger partial charge in [0.25, 0.3) is 0 Å². The molecule has 0 spiro atoms. The van der Waals surface area contributed by atoms with Gasteiger partial charge in [-0.2, -0.15) is 0 Å². The quantitative estimate of drug-likeness (QED) is 0.571. The van der Waals surface area contributed by atoms with Gasteiger partial charge in [0.2, 0.25) is 21.8 Å². The Morgan fingerprint density at radius 2 is 1.66 bits per heavy atom. The second-order valence-electron chi connectivity index (χ2n) is 7.26. The number of nitrogens with one attached hydrogen (secondary N) is 1. The van der Waals surface area contributed by atoms with E-state index in [9.17, 15) is 18.0 Å². The zero-order valence-corrected chi connectivity index (χ0v) is 20.8. The molecule has 0 unspecified atom stereocenters. The maximum Gasteiger partial charge on any atom is 0.244 e. The summed E-state index contributed by atoms with van der Waals surface area (Å²) < 4.78 is 26.3. The van der Waals surface area contributed by atoms with Crippen LogP contribution in [-0.4, -0.2) is 51.0 Å². The Kier molecular flexibility index (Phi) is 8.95. The van der Waals surface area contributed by atoms with Gasteiger partial charge in [-0.25, -0.2) is 8.42 Å². The minimum atomic E-state index is -3.79. The van der Waals surface area contributed by atoms with Gasteiger partial charge >= 0.3 is 0 Å². The van der Waals surface area contributed by atoms with Crippen molar-refractivity contribution in [1.82, 2.24) is 10.2 Å². The molecule has 10 heteroatoms. The summed E-state index contributed by atoms with van der Waals surface area (Å²) in [5.41, 5.74) is 1.68. The molecule has 2 rings (SSSR count). The Hall–Kier alpha value is -2.29. The zero-order valence-electron chi connectivity index (χ0n) is 18.4. The zero-order chi connectivity index (χ0) is 24.1. The van der Waals surface area contributed by atoms with Gasteiger partial charge in [0.15, 0.2) is 0 Å². The number of sulfonamides is 1. The highest BCUT2D eigenvalue weighted by molar-refractivity contribution is 7.92. The largest absolute Gasteiger partial charge is 0.357 e. The number of carbonyl (C=O) groups excluding carboxylic acids is 2. The monoisotopic (exact) mass is 499 g/mol. The lowest BCUT2D eigenvalue weighted by Gasteiger charge is -2.32. The second-order valence-corrected chi connectivity index (χ2v) is 9.99. The number of likely N-dealkylation sites (N-methyl/N-ethyl adjacent to an activating group) is 1. The molecule has 0 aliphatic rings. The Labute approximate surface area is 199 Å². The first-order valence-electron chi connectivity index (χ1n) is 10.0. The van der Waals surface area contributed by atoms with Gasteiger partial charge in [-0.05, 0) is 37.1 Å². The number of benzene rings is 2. The highest BCUT2D eigenvalue weighted by Crippen LogP contribution is 2.28. The van der Waals surface area contributed by atoms with E-state index < -0.39 is 34.4 Å². The molecule has 174 valence electrons. The van der Waals surface area contributed by atoms with Crippen LogP contribution in [0, 0.1) is 0 Å². The van der Waals surface area contributed by atoms with Crippen LogP contribution < -0.4 is 9.62 Å². The first-order valence-corrected chi connectivity index (χ1v) is 12.6. The predicted molar refractivity (Wildman–Crippen MR) is 129 cm³/mol. The SMILES string of the molecule is CCc1ccccc1N(CC(=O)N(Cc1c(Cl)cccc1Cl)[C@@H](C)C(=O)NC)S(C)(=O)=O. The molecule has 0 saturated heterocycles. The fourth-order valence-electron chi connectivity index (χ4n) is 3.29. The Morgan fingerprint density at radius 3 is 2.19 bits per heavy atom. The summed E-state index contributed by atoms with van der Waals surface area (Å²) in [6.45, 7) is 2.94. The maximum atomic E-state index is 13.4. The molecule has 2 aromatic rings. The number of halogens is 2. The summed E-state index contributed by atoms with van der Waals surface area (Å²) in [7, 11) is -2.32. The molecular formula is C22H27Cl2N3O4S. The Bertz CT molecular complexity index is 1070. The molecule has 0 bridgehead atoms. The van der Waals surface area contributed by atoms with Gasteiger partial charge in [-0.3, -0.25) is 13.9 Å². The van der Waals surface area contributed by atoms with E-state index in [4.69, 9.17) is 23.2 Å². The molecule has 1 N–H and O–H groups in total. The van der Waals surface area contributed by atoms with Crippen LogP contribution in [0.5, 0.6) is 0 Å². The summed E-state index contributed by atoms with van der Waals surface area (Å²) >= 11 is 12.6. The van der Waals surface area contributed by atoms with E-state index in [0.717, 1.165) is 16.1 Å². The van der Waals surface area contributed by atoms with Crippen molar-refractivity contribution in [1.29, 1.82) is 0 Å². The van der Waals surface area contributed by atoms with Crippen molar-refractivity contribution < 1.29 is 18.0 Å². The lowest BCUT2D eigenvalue weighted by Crippen LogP contribution is -2.50. The minimum Gasteiger partial charge on any atom is -0.357 e. The molecule has 2 amide bonds. The topological polar surface area (TPSA) is 86.8 Å². The van der Waals surface area contributed by atoms with Crippen molar-refractivity contribution in [3.63, 3.8) is 0 Å². The van der Waals surface area contributed by atoms with Gasteiger partial charge in [-0.15, -0.1) is 0 Å². The minimum absolute atomic E-state index is 0.0566. The molecule has 1 atom stereocenters. The van der Waals surface area contributed by atoms with Crippen molar-refractivity contribution in [2.45, 2.75) is 32.9 Å². The summed E-state index contributed by atoms with van der Waals surface area (Å²) in [5.74, 6) is -0.963. The lowest BCUT2D eigenvalue weighted by molar-refractivity contribution is -0.139. The maximum absolute atomic E-state index is 13.4. The summed E-state index contributed by atoms with van der Waals surface area (Å²) in [4.78, 5) is 27.1. The van der Waals surface area contributed by atoms with E-state index in [-0.39, 0.29) is 6.54 Å². The van der Waals surface area contributed by atoms with Crippen molar-refractivity contribution in [2.24, 2.45) is 0 Å². The number of nitrogens with zero attached hydrogens (tertiary/aromatic N) is 2. The van der Waals surface area contributed by atoms with Crippen molar-refractivity contribution in [3.8, 4) is 0 Å². The van der Waals surface area contributed by atoms with E-state index in [1.54, 1.807) is 37.3 Å². The van der Waals surface area contributed by atoms with Gasteiger partial charge < -0.3 is 10.2 Å².